The van der Waals surface area contributed by atoms with Crippen LogP contribution in [0.25, 0.3) is 11.7 Å². The number of rotatable bonds is 6. The van der Waals surface area contributed by atoms with Crippen molar-refractivity contribution in [1.82, 2.24) is 24.9 Å². The van der Waals surface area contributed by atoms with Crippen LogP contribution in [0, 0.1) is 0 Å². The van der Waals surface area contributed by atoms with Gasteiger partial charge in [-0.15, -0.1) is 0 Å². The molecule has 158 valence electrons. The number of imide groups is 1. The molecule has 2 aromatic heterocycles. The molecule has 1 saturated carbocycles. The lowest BCUT2D eigenvalue weighted by Crippen LogP contribution is -2.21. The van der Waals surface area contributed by atoms with Crippen molar-refractivity contribution >= 4 is 51.4 Å². The summed E-state index contributed by atoms with van der Waals surface area (Å²) in [4.78, 5) is 34.9. The highest BCUT2D eigenvalue weighted by atomic mass is 79.9. The average Bonchev–Trinajstić information content (AvgIpc) is 3.38. The van der Waals surface area contributed by atoms with Crippen molar-refractivity contribution in [3.63, 3.8) is 0 Å². The number of halogens is 1. The molecule has 1 saturated heterocycles. The van der Waals surface area contributed by atoms with Gasteiger partial charge in [0.05, 0.1) is 12.6 Å². The van der Waals surface area contributed by atoms with Crippen molar-refractivity contribution < 1.29 is 9.59 Å². The van der Waals surface area contributed by atoms with E-state index in [2.05, 4.69) is 31.7 Å². The summed E-state index contributed by atoms with van der Waals surface area (Å²) < 4.78 is 2.68. The van der Waals surface area contributed by atoms with Gasteiger partial charge in [-0.3, -0.25) is 14.9 Å². The first-order valence-electron chi connectivity index (χ1n) is 9.99. The van der Waals surface area contributed by atoms with Crippen molar-refractivity contribution in [2.45, 2.75) is 31.8 Å². The monoisotopic (exact) mass is 481 g/mol. The Kier molecular flexibility index (Phi) is 4.93. The summed E-state index contributed by atoms with van der Waals surface area (Å²) >= 11 is 3.46. The van der Waals surface area contributed by atoms with Gasteiger partial charge >= 0.3 is 0 Å². The first-order valence-corrected chi connectivity index (χ1v) is 10.8. The van der Waals surface area contributed by atoms with E-state index in [4.69, 9.17) is 9.97 Å². The maximum Gasteiger partial charge on any atom is 0.254 e. The standard InChI is InChI=1S/C21H20BrN7O2/c1-28(11-12-2-4-15(22)5-3-12)20-26-18-14(8-13-9-17(30)25-19(13)31)10-23-29(18)21(27-20)24-16-6-7-16/h2-5,8,10,16H,6-7,9,11H2,1H3,(H,24,26,27)(H,25,30,31)/b13-8+. The zero-order valence-corrected chi connectivity index (χ0v) is 18.4. The van der Waals surface area contributed by atoms with Crippen LogP contribution in [0.15, 0.2) is 40.5 Å². The molecule has 3 heterocycles. The molecule has 9 nitrogen and oxygen atoms in total. The number of aromatic nitrogens is 4. The number of fused-ring (bicyclic) bond motifs is 1. The number of hydrogen-bond acceptors (Lipinski definition) is 7. The minimum absolute atomic E-state index is 0.0603. The van der Waals surface area contributed by atoms with Crippen LogP contribution in [0.4, 0.5) is 11.9 Å². The van der Waals surface area contributed by atoms with E-state index >= 15 is 0 Å². The Labute approximate surface area is 186 Å². The van der Waals surface area contributed by atoms with Crippen molar-refractivity contribution in [2.24, 2.45) is 0 Å². The Morgan fingerprint density at radius 3 is 2.71 bits per heavy atom. The number of carbonyl (C=O) groups is 2. The molecule has 0 bridgehead atoms. The molecule has 2 aliphatic rings. The Morgan fingerprint density at radius 1 is 1.26 bits per heavy atom. The Morgan fingerprint density at radius 2 is 2.03 bits per heavy atom. The number of benzene rings is 1. The third-order valence-electron chi connectivity index (χ3n) is 5.19. The van der Waals surface area contributed by atoms with Crippen molar-refractivity contribution in [2.75, 3.05) is 17.3 Å². The molecule has 2 N–H and O–H groups in total. The normalized spacial score (nSPS) is 17.4. The van der Waals surface area contributed by atoms with Gasteiger partial charge in [-0.2, -0.15) is 19.6 Å². The summed E-state index contributed by atoms with van der Waals surface area (Å²) in [5.74, 6) is 0.489. The minimum atomic E-state index is -0.373. The number of carbonyl (C=O) groups excluding carboxylic acids is 2. The van der Waals surface area contributed by atoms with E-state index in [0.29, 0.717) is 41.3 Å². The van der Waals surface area contributed by atoms with Crippen LogP contribution in [-0.4, -0.2) is 44.5 Å². The topological polar surface area (TPSA) is 105 Å². The molecule has 3 aromatic rings. The Hall–Kier alpha value is -3.27. The van der Waals surface area contributed by atoms with E-state index < -0.39 is 0 Å². The summed E-state index contributed by atoms with van der Waals surface area (Å²) in [6.07, 6.45) is 5.56. The molecule has 0 atom stereocenters. The van der Waals surface area contributed by atoms with Crippen LogP contribution >= 0.6 is 15.9 Å². The molecule has 0 unspecified atom stereocenters. The Balaban J connectivity index is 1.53. The molecule has 2 amide bonds. The summed E-state index contributed by atoms with van der Waals surface area (Å²) in [5, 5.41) is 10.1. The van der Waals surface area contributed by atoms with Gasteiger partial charge in [0.1, 0.15) is 0 Å². The van der Waals surface area contributed by atoms with Crippen molar-refractivity contribution in [3.05, 3.63) is 51.6 Å². The fraction of sp³-hybridized carbons (Fsp3) is 0.286. The van der Waals surface area contributed by atoms with Gasteiger partial charge in [-0.25, -0.2) is 0 Å². The first-order chi connectivity index (χ1) is 15.0. The van der Waals surface area contributed by atoms with Gasteiger partial charge in [0, 0.05) is 35.2 Å². The summed E-state index contributed by atoms with van der Waals surface area (Å²) in [7, 11) is 1.94. The van der Waals surface area contributed by atoms with Crippen LogP contribution in [0.1, 0.15) is 30.4 Å². The number of hydrogen-bond donors (Lipinski definition) is 2. The van der Waals surface area contributed by atoms with Gasteiger partial charge in [-0.1, -0.05) is 28.1 Å². The molecule has 31 heavy (non-hydrogen) atoms. The number of nitrogens with one attached hydrogen (secondary N) is 2. The van der Waals surface area contributed by atoms with E-state index in [1.807, 2.05) is 36.2 Å². The maximum absolute atomic E-state index is 12.0. The molecule has 1 aliphatic carbocycles. The lowest BCUT2D eigenvalue weighted by atomic mass is 10.1. The van der Waals surface area contributed by atoms with Gasteiger partial charge < -0.3 is 10.2 Å². The SMILES string of the molecule is CN(Cc1ccc(Br)cc1)c1nc(NC2CC2)n2ncc(/C=C3\CC(=O)NC3=O)c2n1. The fourth-order valence-corrected chi connectivity index (χ4v) is 3.67. The van der Waals surface area contributed by atoms with E-state index in [1.165, 1.54) is 0 Å². The molecular weight excluding hydrogens is 462 g/mol. The largest absolute Gasteiger partial charge is 0.351 e. The quantitative estimate of drug-likeness (QED) is 0.411. The van der Waals surface area contributed by atoms with Crippen LogP contribution in [0.5, 0.6) is 0 Å². The minimum Gasteiger partial charge on any atom is -0.351 e. The van der Waals surface area contributed by atoms with Crippen LogP contribution in [-0.2, 0) is 16.1 Å². The highest BCUT2D eigenvalue weighted by Gasteiger charge is 2.26. The van der Waals surface area contributed by atoms with E-state index in [1.54, 1.807) is 16.8 Å². The van der Waals surface area contributed by atoms with Crippen LogP contribution in [0.3, 0.4) is 0 Å². The second-order valence-corrected chi connectivity index (χ2v) is 8.72. The molecule has 1 aromatic carbocycles. The highest BCUT2D eigenvalue weighted by molar-refractivity contribution is 9.10. The number of amides is 2. The lowest BCUT2D eigenvalue weighted by Gasteiger charge is -2.18. The van der Waals surface area contributed by atoms with Gasteiger partial charge in [0.15, 0.2) is 5.65 Å². The zero-order chi connectivity index (χ0) is 21.5. The second-order valence-electron chi connectivity index (χ2n) is 7.81. The van der Waals surface area contributed by atoms with Crippen molar-refractivity contribution in [3.8, 4) is 0 Å². The van der Waals surface area contributed by atoms with E-state index in [-0.39, 0.29) is 18.2 Å². The fourth-order valence-electron chi connectivity index (χ4n) is 3.40. The average molecular weight is 482 g/mol. The summed E-state index contributed by atoms with van der Waals surface area (Å²) in [6, 6.07) is 8.48. The maximum atomic E-state index is 12.0. The molecule has 2 fully saturated rings. The van der Waals surface area contributed by atoms with Gasteiger partial charge in [0.2, 0.25) is 17.8 Å². The van der Waals surface area contributed by atoms with Crippen LogP contribution < -0.4 is 15.5 Å². The van der Waals surface area contributed by atoms with Crippen molar-refractivity contribution in [1.29, 1.82) is 0 Å². The second kappa shape index (κ2) is 7.77. The van der Waals surface area contributed by atoms with E-state index in [0.717, 1.165) is 22.9 Å². The first kappa shape index (κ1) is 19.7. The third kappa shape index (κ3) is 4.15. The molecule has 0 radical (unpaired) electrons. The molecular formula is C21H20BrN7O2. The molecule has 1 aliphatic heterocycles. The summed E-state index contributed by atoms with van der Waals surface area (Å²) in [5.41, 5.74) is 2.78. The predicted octanol–water partition coefficient (Wildman–Crippen LogP) is 2.53. The summed E-state index contributed by atoms with van der Waals surface area (Å²) in [6.45, 7) is 0.633. The van der Waals surface area contributed by atoms with Gasteiger partial charge in [0.25, 0.3) is 5.91 Å². The number of nitrogens with zero attached hydrogens (tertiary/aromatic N) is 5. The number of anilines is 2. The molecule has 10 heteroatoms. The third-order valence-corrected chi connectivity index (χ3v) is 5.72. The van der Waals surface area contributed by atoms with Gasteiger partial charge in [-0.05, 0) is 36.6 Å². The van der Waals surface area contributed by atoms with Crippen LogP contribution in [0.2, 0.25) is 0 Å². The Bertz CT molecular complexity index is 1210. The van der Waals surface area contributed by atoms with E-state index in [9.17, 15) is 9.59 Å². The highest BCUT2D eigenvalue weighted by Crippen LogP contribution is 2.27. The lowest BCUT2D eigenvalue weighted by molar-refractivity contribution is -0.124. The predicted molar refractivity (Wildman–Crippen MR) is 119 cm³/mol. The molecule has 0 spiro atoms. The smallest absolute Gasteiger partial charge is 0.254 e. The zero-order valence-electron chi connectivity index (χ0n) is 16.8. The molecule has 5 rings (SSSR count).